The number of aryl methyl sites for hydroxylation is 1. The number of imidazole rings is 1. The Morgan fingerprint density at radius 2 is 1.75 bits per heavy atom. The first-order valence-electron chi connectivity index (χ1n) is 7.73. The summed E-state index contributed by atoms with van der Waals surface area (Å²) in [5, 5.41) is 0. The Labute approximate surface area is 137 Å². The smallest absolute Gasteiger partial charge is 0.449 e. The van der Waals surface area contributed by atoms with Crippen molar-refractivity contribution in [3.8, 4) is 5.75 Å². The fourth-order valence-corrected chi connectivity index (χ4v) is 2.59. The minimum Gasteiger partial charge on any atom is -0.492 e. The van der Waals surface area contributed by atoms with Crippen LogP contribution in [0, 0.1) is 0 Å². The number of rotatable bonds is 5. The van der Waals surface area contributed by atoms with Crippen molar-refractivity contribution in [1.82, 2.24) is 9.55 Å². The van der Waals surface area contributed by atoms with E-state index in [-0.39, 0.29) is 13.2 Å². The van der Waals surface area contributed by atoms with Crippen LogP contribution in [0.25, 0.3) is 11.0 Å². The maximum atomic E-state index is 13.2. The SMILES string of the molecule is CCc1ccc(OCCn2c(C(F)(F)F)nc3ccccc32)cc1. The van der Waals surface area contributed by atoms with Gasteiger partial charge in [0.1, 0.15) is 12.4 Å². The highest BCUT2D eigenvalue weighted by atomic mass is 19.4. The van der Waals surface area contributed by atoms with Crippen molar-refractivity contribution in [2.75, 3.05) is 6.61 Å². The van der Waals surface area contributed by atoms with Crippen molar-refractivity contribution in [3.05, 3.63) is 59.9 Å². The van der Waals surface area contributed by atoms with Crippen LogP contribution in [0.15, 0.2) is 48.5 Å². The molecule has 0 unspecified atom stereocenters. The summed E-state index contributed by atoms with van der Waals surface area (Å²) in [6.07, 6.45) is -3.57. The number of hydrogen-bond acceptors (Lipinski definition) is 2. The number of benzene rings is 2. The van der Waals surface area contributed by atoms with Crippen molar-refractivity contribution in [2.24, 2.45) is 0 Å². The molecule has 1 heterocycles. The van der Waals surface area contributed by atoms with Gasteiger partial charge in [0.05, 0.1) is 17.6 Å². The van der Waals surface area contributed by atoms with Gasteiger partial charge in [-0.05, 0) is 36.2 Å². The fraction of sp³-hybridized carbons (Fsp3) is 0.278. The molecule has 0 aliphatic heterocycles. The molecule has 0 bridgehead atoms. The first-order valence-corrected chi connectivity index (χ1v) is 7.73. The van der Waals surface area contributed by atoms with Crippen LogP contribution in [0.4, 0.5) is 13.2 Å². The van der Waals surface area contributed by atoms with Crippen molar-refractivity contribution < 1.29 is 17.9 Å². The third-order valence-electron chi connectivity index (χ3n) is 3.82. The molecule has 3 rings (SSSR count). The van der Waals surface area contributed by atoms with Crippen LogP contribution in [0.3, 0.4) is 0 Å². The number of halogens is 3. The summed E-state index contributed by atoms with van der Waals surface area (Å²) in [5.74, 6) is -0.251. The molecule has 0 radical (unpaired) electrons. The zero-order chi connectivity index (χ0) is 17.2. The minimum absolute atomic E-state index is 0.0743. The van der Waals surface area contributed by atoms with E-state index in [2.05, 4.69) is 11.9 Å². The monoisotopic (exact) mass is 334 g/mol. The van der Waals surface area contributed by atoms with Crippen LogP contribution < -0.4 is 4.74 Å². The molecule has 3 nitrogen and oxygen atoms in total. The first kappa shape index (κ1) is 16.4. The Balaban J connectivity index is 1.78. The average Bonchev–Trinajstić information content (AvgIpc) is 2.95. The molecule has 0 saturated heterocycles. The van der Waals surface area contributed by atoms with Crippen LogP contribution in [0.5, 0.6) is 5.75 Å². The lowest BCUT2D eigenvalue weighted by molar-refractivity contribution is -0.147. The lowest BCUT2D eigenvalue weighted by Gasteiger charge is -2.12. The highest BCUT2D eigenvalue weighted by Crippen LogP contribution is 2.31. The molecule has 24 heavy (non-hydrogen) atoms. The summed E-state index contributed by atoms with van der Waals surface area (Å²) in [6, 6.07) is 14.1. The number of fused-ring (bicyclic) bond motifs is 1. The lowest BCUT2D eigenvalue weighted by atomic mass is 10.2. The molecule has 0 saturated carbocycles. The zero-order valence-corrected chi connectivity index (χ0v) is 13.2. The molecule has 2 aromatic carbocycles. The number of ether oxygens (including phenoxy) is 1. The van der Waals surface area contributed by atoms with E-state index in [4.69, 9.17) is 4.74 Å². The predicted molar refractivity (Wildman–Crippen MR) is 86.1 cm³/mol. The Bertz CT molecular complexity index is 822. The van der Waals surface area contributed by atoms with Gasteiger partial charge in [0.25, 0.3) is 0 Å². The molecular formula is C18H17F3N2O. The minimum atomic E-state index is -4.50. The normalized spacial score (nSPS) is 11.8. The molecular weight excluding hydrogens is 317 g/mol. The van der Waals surface area contributed by atoms with Crippen LogP contribution in [0.2, 0.25) is 0 Å². The van der Waals surface area contributed by atoms with Crippen molar-refractivity contribution in [3.63, 3.8) is 0 Å². The summed E-state index contributed by atoms with van der Waals surface area (Å²) in [6.45, 7) is 2.26. The standard InChI is InChI=1S/C18H17F3N2O/c1-2-13-7-9-14(10-8-13)24-12-11-23-16-6-4-3-5-15(16)22-17(23)18(19,20)21/h3-10H,2,11-12H2,1H3. The number of alkyl halides is 3. The Morgan fingerprint density at radius 1 is 1.04 bits per heavy atom. The van der Waals surface area contributed by atoms with E-state index in [1.807, 2.05) is 24.3 Å². The van der Waals surface area contributed by atoms with E-state index in [9.17, 15) is 13.2 Å². The second-order valence-electron chi connectivity index (χ2n) is 5.42. The second kappa shape index (κ2) is 6.55. The topological polar surface area (TPSA) is 27.1 Å². The molecule has 0 aliphatic rings. The first-order chi connectivity index (χ1) is 11.5. The van der Waals surface area contributed by atoms with E-state index in [1.165, 1.54) is 5.56 Å². The fourth-order valence-electron chi connectivity index (χ4n) is 2.59. The van der Waals surface area contributed by atoms with Crippen LogP contribution in [-0.4, -0.2) is 16.2 Å². The largest absolute Gasteiger partial charge is 0.492 e. The quantitative estimate of drug-likeness (QED) is 0.676. The Hall–Kier alpha value is -2.50. The predicted octanol–water partition coefficient (Wildman–Crippen LogP) is 4.70. The molecule has 6 heteroatoms. The molecule has 126 valence electrons. The van der Waals surface area contributed by atoms with Crippen LogP contribution in [0.1, 0.15) is 18.3 Å². The zero-order valence-electron chi connectivity index (χ0n) is 13.2. The number of para-hydroxylation sites is 2. The third-order valence-corrected chi connectivity index (χ3v) is 3.82. The van der Waals surface area contributed by atoms with Crippen LogP contribution >= 0.6 is 0 Å². The molecule has 0 spiro atoms. The second-order valence-corrected chi connectivity index (χ2v) is 5.42. The summed E-state index contributed by atoms with van der Waals surface area (Å²) < 4.78 is 46.3. The van der Waals surface area contributed by atoms with Gasteiger partial charge < -0.3 is 9.30 Å². The molecule has 0 amide bonds. The maximum absolute atomic E-state index is 13.2. The van der Waals surface area contributed by atoms with E-state index in [0.717, 1.165) is 11.0 Å². The Kier molecular flexibility index (Phi) is 4.46. The van der Waals surface area contributed by atoms with Gasteiger partial charge in [0.2, 0.25) is 5.82 Å². The van der Waals surface area contributed by atoms with Gasteiger partial charge in [-0.15, -0.1) is 0 Å². The average molecular weight is 334 g/mol. The van der Waals surface area contributed by atoms with Crippen molar-refractivity contribution >= 4 is 11.0 Å². The van der Waals surface area contributed by atoms with E-state index >= 15 is 0 Å². The molecule has 0 N–H and O–H groups in total. The number of aromatic nitrogens is 2. The van der Waals surface area contributed by atoms with Gasteiger partial charge in [-0.1, -0.05) is 31.2 Å². The highest BCUT2D eigenvalue weighted by molar-refractivity contribution is 5.76. The lowest BCUT2D eigenvalue weighted by Crippen LogP contribution is -2.18. The van der Waals surface area contributed by atoms with E-state index in [1.54, 1.807) is 24.3 Å². The molecule has 0 aliphatic carbocycles. The van der Waals surface area contributed by atoms with Crippen LogP contribution in [-0.2, 0) is 19.1 Å². The third kappa shape index (κ3) is 3.37. The number of hydrogen-bond donors (Lipinski definition) is 0. The molecule has 3 aromatic rings. The maximum Gasteiger partial charge on any atom is 0.449 e. The van der Waals surface area contributed by atoms with E-state index < -0.39 is 12.0 Å². The summed E-state index contributed by atoms with van der Waals surface area (Å²) >= 11 is 0. The molecule has 0 atom stereocenters. The Morgan fingerprint density at radius 3 is 2.42 bits per heavy atom. The van der Waals surface area contributed by atoms with E-state index in [0.29, 0.717) is 16.8 Å². The van der Waals surface area contributed by atoms with Crippen molar-refractivity contribution in [1.29, 1.82) is 0 Å². The summed E-state index contributed by atoms with van der Waals surface area (Å²) in [5.41, 5.74) is 1.97. The molecule has 0 fully saturated rings. The molecule has 1 aromatic heterocycles. The van der Waals surface area contributed by atoms with Gasteiger partial charge in [-0.3, -0.25) is 0 Å². The number of nitrogens with zero attached hydrogens (tertiary/aromatic N) is 2. The summed E-state index contributed by atoms with van der Waals surface area (Å²) in [4.78, 5) is 3.71. The van der Waals surface area contributed by atoms with Gasteiger partial charge in [-0.25, -0.2) is 4.98 Å². The van der Waals surface area contributed by atoms with Gasteiger partial charge in [0.15, 0.2) is 0 Å². The highest BCUT2D eigenvalue weighted by Gasteiger charge is 2.37. The van der Waals surface area contributed by atoms with Gasteiger partial charge in [0, 0.05) is 0 Å². The van der Waals surface area contributed by atoms with Gasteiger partial charge in [-0.2, -0.15) is 13.2 Å². The van der Waals surface area contributed by atoms with Crippen molar-refractivity contribution in [2.45, 2.75) is 26.1 Å². The summed E-state index contributed by atoms with van der Waals surface area (Å²) in [7, 11) is 0. The van der Waals surface area contributed by atoms with Gasteiger partial charge >= 0.3 is 6.18 Å².